The molecule has 0 radical (unpaired) electrons. The fourth-order valence-electron chi connectivity index (χ4n) is 3.33. The van der Waals surface area contributed by atoms with Crippen LogP contribution in [-0.2, 0) is 9.47 Å². The molecule has 0 atom stereocenters. The molecule has 3 aromatic heterocycles. The highest BCUT2D eigenvalue weighted by molar-refractivity contribution is 7.18. The SMILES string of the molecule is NC(=O)OCCCNC(=O)c1cncc(-c2cnc(Nc3cc(N4CCOCC4)ccn3)s2)c1. The Morgan fingerprint density at radius 2 is 2.03 bits per heavy atom. The molecule has 2 amide bonds. The number of primary amides is 1. The van der Waals surface area contributed by atoms with Crippen LogP contribution in [0.15, 0.2) is 43.0 Å². The number of nitrogens with zero attached hydrogens (tertiary/aromatic N) is 4. The number of thiazole rings is 1. The van der Waals surface area contributed by atoms with Gasteiger partial charge in [0.15, 0.2) is 5.13 Å². The van der Waals surface area contributed by atoms with E-state index in [1.807, 2.05) is 12.1 Å². The van der Waals surface area contributed by atoms with Gasteiger partial charge in [-0.2, -0.15) is 0 Å². The van der Waals surface area contributed by atoms with Crippen molar-refractivity contribution in [1.82, 2.24) is 20.3 Å². The Kier molecular flexibility index (Phi) is 7.83. The standard InChI is InChI=1S/C22H25N7O4S/c23-21(31)33-7-1-3-26-20(30)16-10-15(12-24-13-16)18-14-27-22(34-18)28-19-11-17(2-4-25-19)29-5-8-32-9-6-29/h2,4,10-14H,1,3,5-9H2,(H2,23,31)(H,26,30)(H,25,27,28). The maximum Gasteiger partial charge on any atom is 0.404 e. The third kappa shape index (κ3) is 6.39. The highest BCUT2D eigenvalue weighted by Gasteiger charge is 2.13. The number of anilines is 3. The summed E-state index contributed by atoms with van der Waals surface area (Å²) >= 11 is 1.44. The van der Waals surface area contributed by atoms with Gasteiger partial charge in [-0.05, 0) is 18.6 Å². The summed E-state index contributed by atoms with van der Waals surface area (Å²) in [7, 11) is 0. The topological polar surface area (TPSA) is 145 Å². The van der Waals surface area contributed by atoms with E-state index in [-0.39, 0.29) is 12.5 Å². The van der Waals surface area contributed by atoms with Gasteiger partial charge >= 0.3 is 6.09 Å². The lowest BCUT2D eigenvalue weighted by molar-refractivity contribution is 0.0949. The zero-order valence-corrected chi connectivity index (χ0v) is 19.2. The van der Waals surface area contributed by atoms with Crippen LogP contribution in [0.1, 0.15) is 16.8 Å². The molecule has 1 aliphatic rings. The van der Waals surface area contributed by atoms with Crippen LogP contribution in [-0.4, -0.2) is 66.4 Å². The number of carbonyl (C=O) groups is 2. The molecule has 34 heavy (non-hydrogen) atoms. The van der Waals surface area contributed by atoms with Crippen molar-refractivity contribution in [3.05, 3.63) is 48.5 Å². The van der Waals surface area contributed by atoms with Crippen molar-refractivity contribution in [2.45, 2.75) is 6.42 Å². The normalized spacial score (nSPS) is 13.4. The number of morpholine rings is 1. The fourth-order valence-corrected chi connectivity index (χ4v) is 4.13. The van der Waals surface area contributed by atoms with Crippen LogP contribution in [0.25, 0.3) is 10.4 Å². The molecule has 4 rings (SSSR count). The van der Waals surface area contributed by atoms with Gasteiger partial charge in [-0.3, -0.25) is 9.78 Å². The number of amides is 2. The minimum absolute atomic E-state index is 0.148. The van der Waals surface area contributed by atoms with Gasteiger partial charge in [0, 0.05) is 61.7 Å². The summed E-state index contributed by atoms with van der Waals surface area (Å²) < 4.78 is 10.1. The highest BCUT2D eigenvalue weighted by atomic mass is 32.1. The maximum atomic E-state index is 12.4. The van der Waals surface area contributed by atoms with Gasteiger partial charge < -0.3 is 30.7 Å². The summed E-state index contributed by atoms with van der Waals surface area (Å²) in [6.45, 7) is 3.63. The minimum Gasteiger partial charge on any atom is -0.450 e. The average Bonchev–Trinajstić information content (AvgIpc) is 3.33. The van der Waals surface area contributed by atoms with E-state index in [1.54, 1.807) is 24.7 Å². The van der Waals surface area contributed by atoms with Crippen LogP contribution >= 0.6 is 11.3 Å². The van der Waals surface area contributed by atoms with Gasteiger partial charge in [0.25, 0.3) is 5.91 Å². The number of ether oxygens (including phenoxy) is 2. The number of carbonyl (C=O) groups excluding carboxylic acids is 2. The Labute approximate surface area is 200 Å². The lowest BCUT2D eigenvalue weighted by Crippen LogP contribution is -2.36. The van der Waals surface area contributed by atoms with Crippen LogP contribution < -0.4 is 21.3 Å². The fraction of sp³-hybridized carbons (Fsp3) is 0.318. The number of rotatable bonds is 9. The van der Waals surface area contributed by atoms with Gasteiger partial charge in [0.1, 0.15) is 5.82 Å². The van der Waals surface area contributed by atoms with E-state index in [9.17, 15) is 9.59 Å². The second-order valence-corrected chi connectivity index (χ2v) is 8.42. The third-order valence-electron chi connectivity index (χ3n) is 5.00. The molecule has 0 aromatic carbocycles. The smallest absolute Gasteiger partial charge is 0.404 e. The molecule has 1 aliphatic heterocycles. The van der Waals surface area contributed by atoms with E-state index in [0.717, 1.165) is 42.4 Å². The molecule has 0 spiro atoms. The molecule has 1 saturated heterocycles. The molecule has 0 unspecified atom stereocenters. The number of nitrogens with one attached hydrogen (secondary N) is 2. The summed E-state index contributed by atoms with van der Waals surface area (Å²) in [4.78, 5) is 39.1. The molecule has 178 valence electrons. The Morgan fingerprint density at radius 1 is 1.18 bits per heavy atom. The van der Waals surface area contributed by atoms with Gasteiger partial charge in [-0.15, -0.1) is 0 Å². The molecule has 4 heterocycles. The van der Waals surface area contributed by atoms with E-state index in [4.69, 9.17) is 10.5 Å². The first-order valence-corrected chi connectivity index (χ1v) is 11.6. The largest absolute Gasteiger partial charge is 0.450 e. The first kappa shape index (κ1) is 23.4. The van der Waals surface area contributed by atoms with Crippen molar-refractivity contribution in [3.8, 4) is 10.4 Å². The van der Waals surface area contributed by atoms with E-state index in [2.05, 4.69) is 35.2 Å². The Bertz CT molecular complexity index is 1130. The predicted molar refractivity (Wildman–Crippen MR) is 128 cm³/mol. The monoisotopic (exact) mass is 483 g/mol. The number of aromatic nitrogens is 3. The van der Waals surface area contributed by atoms with Crippen LogP contribution in [0.4, 0.5) is 21.4 Å². The molecule has 0 saturated carbocycles. The summed E-state index contributed by atoms with van der Waals surface area (Å²) in [6.07, 6.45) is 6.33. The molecular formula is C22H25N7O4S. The van der Waals surface area contributed by atoms with Crippen molar-refractivity contribution in [3.63, 3.8) is 0 Å². The van der Waals surface area contributed by atoms with E-state index in [1.165, 1.54) is 17.5 Å². The molecule has 12 heteroatoms. The Balaban J connectivity index is 1.37. The Morgan fingerprint density at radius 3 is 2.85 bits per heavy atom. The number of hydrogen-bond acceptors (Lipinski definition) is 10. The second-order valence-electron chi connectivity index (χ2n) is 7.39. The van der Waals surface area contributed by atoms with Crippen molar-refractivity contribution >= 4 is 40.0 Å². The van der Waals surface area contributed by atoms with Crippen molar-refractivity contribution in [2.24, 2.45) is 5.73 Å². The second kappa shape index (κ2) is 11.4. The van der Waals surface area contributed by atoms with Crippen LogP contribution in [0.3, 0.4) is 0 Å². The van der Waals surface area contributed by atoms with Gasteiger partial charge in [-0.25, -0.2) is 14.8 Å². The third-order valence-corrected chi connectivity index (χ3v) is 5.96. The first-order chi connectivity index (χ1) is 16.6. The Hall–Kier alpha value is -3.77. The first-order valence-electron chi connectivity index (χ1n) is 10.8. The number of nitrogens with two attached hydrogens (primary N) is 1. The summed E-state index contributed by atoms with van der Waals surface area (Å²) in [5, 5.41) is 6.70. The zero-order chi connectivity index (χ0) is 23.8. The van der Waals surface area contributed by atoms with Crippen LogP contribution in [0.2, 0.25) is 0 Å². The molecule has 1 fully saturated rings. The predicted octanol–water partition coefficient (Wildman–Crippen LogP) is 2.40. The van der Waals surface area contributed by atoms with E-state index < -0.39 is 6.09 Å². The molecule has 0 aliphatic carbocycles. The lowest BCUT2D eigenvalue weighted by Gasteiger charge is -2.28. The quantitative estimate of drug-likeness (QED) is 0.391. The number of pyridine rings is 2. The van der Waals surface area contributed by atoms with Crippen LogP contribution in [0.5, 0.6) is 0 Å². The van der Waals surface area contributed by atoms with Gasteiger partial charge in [0.05, 0.1) is 30.3 Å². The molecular weight excluding hydrogens is 458 g/mol. The van der Waals surface area contributed by atoms with Gasteiger partial charge in [0.2, 0.25) is 0 Å². The van der Waals surface area contributed by atoms with Crippen molar-refractivity contribution in [1.29, 1.82) is 0 Å². The molecule has 0 bridgehead atoms. The summed E-state index contributed by atoms with van der Waals surface area (Å²) in [6, 6.07) is 5.74. The van der Waals surface area contributed by atoms with Crippen molar-refractivity contribution in [2.75, 3.05) is 49.7 Å². The summed E-state index contributed by atoms with van der Waals surface area (Å²) in [5.41, 5.74) is 7.20. The van der Waals surface area contributed by atoms with Crippen LogP contribution in [0, 0.1) is 0 Å². The van der Waals surface area contributed by atoms with Gasteiger partial charge in [-0.1, -0.05) is 11.3 Å². The molecule has 11 nitrogen and oxygen atoms in total. The number of hydrogen-bond donors (Lipinski definition) is 3. The average molecular weight is 484 g/mol. The van der Waals surface area contributed by atoms with E-state index in [0.29, 0.717) is 29.5 Å². The van der Waals surface area contributed by atoms with E-state index >= 15 is 0 Å². The maximum absolute atomic E-state index is 12.4. The molecule has 3 aromatic rings. The molecule has 4 N–H and O–H groups in total. The summed E-state index contributed by atoms with van der Waals surface area (Å²) in [5.74, 6) is 0.442. The minimum atomic E-state index is -0.831. The zero-order valence-electron chi connectivity index (χ0n) is 18.4. The highest BCUT2D eigenvalue weighted by Crippen LogP contribution is 2.31. The van der Waals surface area contributed by atoms with Crippen molar-refractivity contribution < 1.29 is 19.1 Å². The lowest BCUT2D eigenvalue weighted by atomic mass is 10.2.